The van der Waals surface area contributed by atoms with Crippen LogP contribution in [0.2, 0.25) is 0 Å². The van der Waals surface area contributed by atoms with Crippen molar-refractivity contribution in [2.75, 3.05) is 19.7 Å². The van der Waals surface area contributed by atoms with Crippen LogP contribution in [-0.2, 0) is 29.8 Å². The fourth-order valence-corrected chi connectivity index (χ4v) is 4.94. The Morgan fingerprint density at radius 1 is 1.14 bits per heavy atom. The van der Waals surface area contributed by atoms with Crippen LogP contribution in [0, 0.1) is 11.3 Å². The molecular formula is C24H26F5N3O5. The number of amides is 3. The number of likely N-dealkylation sites (tertiary alicyclic amines) is 1. The maximum absolute atomic E-state index is 15.1. The summed E-state index contributed by atoms with van der Waals surface area (Å²) >= 11 is 0. The van der Waals surface area contributed by atoms with Crippen LogP contribution in [0.25, 0.3) is 0 Å². The van der Waals surface area contributed by atoms with Crippen molar-refractivity contribution in [1.82, 2.24) is 15.5 Å². The van der Waals surface area contributed by atoms with Crippen LogP contribution < -0.4 is 10.6 Å². The van der Waals surface area contributed by atoms with E-state index in [0.29, 0.717) is 25.8 Å². The molecular weight excluding hydrogens is 505 g/mol. The molecule has 3 fully saturated rings. The van der Waals surface area contributed by atoms with Crippen LogP contribution in [0.5, 0.6) is 0 Å². The van der Waals surface area contributed by atoms with E-state index >= 15 is 8.78 Å². The molecule has 2 heterocycles. The first-order valence-electron chi connectivity index (χ1n) is 11.9. The van der Waals surface area contributed by atoms with Gasteiger partial charge in [0.1, 0.15) is 12.6 Å². The number of Topliss-reactive ketones (excluding diaryl/α,β-unsaturated/α-hetero) is 1. The van der Waals surface area contributed by atoms with Gasteiger partial charge in [0, 0.05) is 24.6 Å². The lowest BCUT2D eigenvalue weighted by molar-refractivity contribution is -0.321. The van der Waals surface area contributed by atoms with E-state index in [1.54, 1.807) is 0 Å². The molecule has 0 radical (unpaired) electrons. The Kier molecular flexibility index (Phi) is 7.28. The van der Waals surface area contributed by atoms with Gasteiger partial charge in [0.2, 0.25) is 11.8 Å². The number of hydrogen-bond acceptors (Lipinski definition) is 5. The first kappa shape index (κ1) is 27.0. The molecule has 13 heteroatoms. The molecule has 1 saturated carbocycles. The summed E-state index contributed by atoms with van der Waals surface area (Å²) < 4.78 is 71.3. The van der Waals surface area contributed by atoms with Crippen molar-refractivity contribution in [1.29, 1.82) is 0 Å². The van der Waals surface area contributed by atoms with E-state index in [1.807, 2.05) is 0 Å². The van der Waals surface area contributed by atoms with Crippen LogP contribution in [0.4, 0.5) is 22.0 Å². The topological polar surface area (TPSA) is 105 Å². The van der Waals surface area contributed by atoms with Gasteiger partial charge in [-0.05, 0) is 37.5 Å². The molecule has 3 atom stereocenters. The summed E-state index contributed by atoms with van der Waals surface area (Å²) in [6, 6.07) is 3.53. The van der Waals surface area contributed by atoms with Gasteiger partial charge in [-0.15, -0.1) is 13.2 Å². The highest BCUT2D eigenvalue weighted by Crippen LogP contribution is 2.55. The number of halogens is 5. The van der Waals surface area contributed by atoms with Crippen LogP contribution in [0.15, 0.2) is 30.3 Å². The Bertz CT molecular complexity index is 1060. The molecule has 1 aliphatic carbocycles. The molecule has 1 aromatic carbocycles. The van der Waals surface area contributed by atoms with Crippen LogP contribution >= 0.6 is 0 Å². The first-order chi connectivity index (χ1) is 17.3. The maximum atomic E-state index is 15.1. The highest BCUT2D eigenvalue weighted by Gasteiger charge is 2.59. The monoisotopic (exact) mass is 531 g/mol. The van der Waals surface area contributed by atoms with Gasteiger partial charge in [-0.25, -0.2) is 0 Å². The first-order valence-corrected chi connectivity index (χ1v) is 11.9. The number of carbonyl (C=O) groups excluding carboxylic acids is 4. The zero-order valence-electron chi connectivity index (χ0n) is 19.7. The van der Waals surface area contributed by atoms with Crippen LogP contribution in [-0.4, -0.2) is 66.5 Å². The van der Waals surface area contributed by atoms with Crippen LogP contribution in [0.3, 0.4) is 0 Å². The van der Waals surface area contributed by atoms with E-state index in [4.69, 9.17) is 0 Å². The Morgan fingerprint density at radius 3 is 2.38 bits per heavy atom. The largest absolute Gasteiger partial charge is 0.522 e. The maximum Gasteiger partial charge on any atom is 0.522 e. The molecule has 1 aromatic rings. The third-order valence-electron chi connectivity index (χ3n) is 7.20. The number of benzene rings is 1. The van der Waals surface area contributed by atoms with Gasteiger partial charge in [-0.3, -0.25) is 23.9 Å². The van der Waals surface area contributed by atoms with E-state index in [0.717, 1.165) is 17.0 Å². The molecule has 1 spiro atoms. The molecule has 4 rings (SSSR count). The zero-order chi connectivity index (χ0) is 27.0. The lowest BCUT2D eigenvalue weighted by Crippen LogP contribution is -2.54. The lowest BCUT2D eigenvalue weighted by atomic mass is 9.95. The number of carbonyl (C=O) groups is 4. The predicted octanol–water partition coefficient (Wildman–Crippen LogP) is 2.28. The van der Waals surface area contributed by atoms with Crippen molar-refractivity contribution < 1.29 is 45.9 Å². The van der Waals surface area contributed by atoms with Gasteiger partial charge in [0.25, 0.3) is 5.91 Å². The van der Waals surface area contributed by atoms with Crippen molar-refractivity contribution in [3.63, 3.8) is 0 Å². The quantitative estimate of drug-likeness (QED) is 0.476. The molecule has 2 saturated heterocycles. The summed E-state index contributed by atoms with van der Waals surface area (Å²) in [6.45, 7) is -1.17. The number of nitrogens with one attached hydrogen (secondary N) is 2. The minimum Gasteiger partial charge on any atom is -0.356 e. The highest BCUT2D eigenvalue weighted by atomic mass is 19.4. The number of hydrogen-bond donors (Lipinski definition) is 2. The van der Waals surface area contributed by atoms with Gasteiger partial charge in [0.05, 0.1) is 6.04 Å². The summed E-state index contributed by atoms with van der Waals surface area (Å²) in [4.78, 5) is 51.6. The van der Waals surface area contributed by atoms with Gasteiger partial charge < -0.3 is 15.5 Å². The molecule has 202 valence electrons. The standard InChI is InChI=1S/C24H26F5N3O5/c25-23(26,15-4-2-1-3-5-15)21(36)32-13-22(7-8-22)11-17(32)20(35)31-16(10-14-6-9-30-19(14)34)18(33)12-37-24(27,28)29/h1-5,14,16-17H,6-13H2,(H,30,34)(H,31,35)/t14-,16-,17-/m0/s1. The summed E-state index contributed by atoms with van der Waals surface area (Å²) in [5, 5.41) is 4.87. The average molecular weight is 531 g/mol. The van der Waals surface area contributed by atoms with Crippen molar-refractivity contribution in [2.24, 2.45) is 11.3 Å². The SMILES string of the molecule is O=C1NCC[C@H]1C[C@H](NC(=O)[C@@H]1CC2(CC2)CN1C(=O)C(F)(F)c1ccccc1)C(=O)COC(F)(F)F. The number of alkyl halides is 5. The number of nitrogens with zero attached hydrogens (tertiary/aromatic N) is 1. The van der Waals surface area contributed by atoms with Gasteiger partial charge in [-0.2, -0.15) is 8.78 Å². The Balaban J connectivity index is 1.52. The molecule has 2 aliphatic heterocycles. The Labute approximate surface area is 208 Å². The second-order valence-corrected chi connectivity index (χ2v) is 9.87. The van der Waals surface area contributed by atoms with E-state index in [-0.39, 0.29) is 19.4 Å². The average Bonchev–Trinajstić information content (AvgIpc) is 3.31. The van der Waals surface area contributed by atoms with Gasteiger partial charge in [0.15, 0.2) is 5.78 Å². The van der Waals surface area contributed by atoms with E-state index in [1.165, 1.54) is 18.2 Å². The van der Waals surface area contributed by atoms with Crippen LogP contribution in [0.1, 0.15) is 37.7 Å². The summed E-state index contributed by atoms with van der Waals surface area (Å²) in [5.41, 5.74) is -1.03. The fourth-order valence-electron chi connectivity index (χ4n) is 4.94. The van der Waals surface area contributed by atoms with Crippen molar-refractivity contribution in [2.45, 2.75) is 56.5 Å². The summed E-state index contributed by atoms with van der Waals surface area (Å²) in [7, 11) is 0. The third kappa shape index (κ3) is 6.08. The van der Waals surface area contributed by atoms with E-state index in [2.05, 4.69) is 15.4 Å². The van der Waals surface area contributed by atoms with Gasteiger partial charge >= 0.3 is 12.3 Å². The van der Waals surface area contributed by atoms with Gasteiger partial charge in [-0.1, -0.05) is 30.3 Å². The summed E-state index contributed by atoms with van der Waals surface area (Å²) in [6.07, 6.45) is -3.74. The van der Waals surface area contributed by atoms with Crippen molar-refractivity contribution in [3.05, 3.63) is 35.9 Å². The second kappa shape index (κ2) is 9.99. The molecule has 0 bridgehead atoms. The Hall–Kier alpha value is -3.09. The van der Waals surface area contributed by atoms with E-state index in [9.17, 15) is 32.3 Å². The molecule has 2 N–H and O–H groups in total. The second-order valence-electron chi connectivity index (χ2n) is 9.87. The minimum absolute atomic E-state index is 0.0762. The number of ketones is 1. The lowest BCUT2D eigenvalue weighted by Gasteiger charge is -2.29. The minimum atomic E-state index is -5.09. The zero-order valence-corrected chi connectivity index (χ0v) is 19.7. The third-order valence-corrected chi connectivity index (χ3v) is 7.20. The molecule has 3 amide bonds. The smallest absolute Gasteiger partial charge is 0.356 e. The molecule has 0 unspecified atom stereocenters. The van der Waals surface area contributed by atoms with Crippen molar-refractivity contribution >= 4 is 23.5 Å². The molecule has 3 aliphatic rings. The predicted molar refractivity (Wildman–Crippen MR) is 117 cm³/mol. The molecule has 0 aromatic heterocycles. The highest BCUT2D eigenvalue weighted by molar-refractivity contribution is 5.95. The number of ether oxygens (including phenoxy) is 1. The summed E-state index contributed by atoms with van der Waals surface area (Å²) in [5.74, 6) is -8.71. The molecule has 37 heavy (non-hydrogen) atoms. The fraction of sp³-hybridized carbons (Fsp3) is 0.583. The number of rotatable bonds is 9. The van der Waals surface area contributed by atoms with E-state index < -0.39 is 71.4 Å². The molecule has 8 nitrogen and oxygen atoms in total. The normalized spacial score (nSPS) is 23.6. The Morgan fingerprint density at radius 2 is 1.81 bits per heavy atom. The van der Waals surface area contributed by atoms with Crippen molar-refractivity contribution in [3.8, 4) is 0 Å².